The van der Waals surface area contributed by atoms with Crippen molar-refractivity contribution in [3.8, 4) is 17.2 Å². The van der Waals surface area contributed by atoms with Gasteiger partial charge in [-0.2, -0.15) is 0 Å². The normalized spacial score (nSPS) is 14.2. The van der Waals surface area contributed by atoms with Crippen LogP contribution in [0.1, 0.15) is 26.3 Å². The summed E-state index contributed by atoms with van der Waals surface area (Å²) in [5.74, 6) is 0.834. The molecule has 0 spiro atoms. The van der Waals surface area contributed by atoms with Crippen LogP contribution in [-0.2, 0) is 15.4 Å². The van der Waals surface area contributed by atoms with E-state index in [2.05, 4.69) is 4.72 Å². The third kappa shape index (κ3) is 3.51. The Kier molecular flexibility index (Phi) is 4.28. The number of anilines is 1. The number of phenolic OH excluding ortho intramolecular Hbond substituents is 1. The molecule has 0 bridgehead atoms. The molecule has 0 saturated heterocycles. The summed E-state index contributed by atoms with van der Waals surface area (Å²) in [7, 11) is -3.88. The lowest BCUT2D eigenvalue weighted by molar-refractivity contribution is 0.171. The van der Waals surface area contributed by atoms with E-state index < -0.39 is 10.0 Å². The van der Waals surface area contributed by atoms with E-state index in [4.69, 9.17) is 9.47 Å². The van der Waals surface area contributed by atoms with E-state index in [1.165, 1.54) is 18.2 Å². The number of nitrogens with one attached hydrogen (secondary N) is 1. The zero-order valence-electron chi connectivity index (χ0n) is 14.4. The largest absolute Gasteiger partial charge is 0.505 e. The SMILES string of the molecule is CC(C)(C)c1cccc(NS(=O)(=O)c2ccc3c(c2)OCCO3)c1O. The monoisotopic (exact) mass is 363 g/mol. The molecule has 0 unspecified atom stereocenters. The lowest BCUT2D eigenvalue weighted by Crippen LogP contribution is -2.18. The first-order valence-corrected chi connectivity index (χ1v) is 9.42. The lowest BCUT2D eigenvalue weighted by Gasteiger charge is -2.22. The quantitative estimate of drug-likeness (QED) is 0.818. The Hall–Kier alpha value is -2.41. The molecule has 7 heteroatoms. The molecule has 0 radical (unpaired) electrons. The van der Waals surface area contributed by atoms with Crippen LogP contribution in [0, 0.1) is 0 Å². The van der Waals surface area contributed by atoms with E-state index in [1.54, 1.807) is 18.2 Å². The van der Waals surface area contributed by atoms with E-state index in [0.717, 1.165) is 0 Å². The smallest absolute Gasteiger partial charge is 0.262 e. The van der Waals surface area contributed by atoms with Gasteiger partial charge in [-0.15, -0.1) is 0 Å². The number of aromatic hydroxyl groups is 1. The second kappa shape index (κ2) is 6.15. The molecule has 2 aromatic carbocycles. The third-order valence-corrected chi connectivity index (χ3v) is 5.28. The first-order chi connectivity index (χ1) is 11.7. The van der Waals surface area contributed by atoms with Crippen molar-refractivity contribution in [2.45, 2.75) is 31.1 Å². The summed E-state index contributed by atoms with van der Waals surface area (Å²) in [6, 6.07) is 9.44. The fraction of sp³-hybridized carbons (Fsp3) is 0.333. The highest BCUT2D eigenvalue weighted by Crippen LogP contribution is 2.37. The van der Waals surface area contributed by atoms with E-state index in [0.29, 0.717) is 30.3 Å². The van der Waals surface area contributed by atoms with Crippen LogP contribution < -0.4 is 14.2 Å². The molecule has 0 saturated carbocycles. The van der Waals surface area contributed by atoms with Crippen LogP contribution in [0.2, 0.25) is 0 Å². The van der Waals surface area contributed by atoms with E-state index in [9.17, 15) is 13.5 Å². The van der Waals surface area contributed by atoms with Gasteiger partial charge in [-0.05, 0) is 23.6 Å². The van der Waals surface area contributed by atoms with Crippen molar-refractivity contribution < 1.29 is 23.0 Å². The topological polar surface area (TPSA) is 84.9 Å². The minimum Gasteiger partial charge on any atom is -0.505 e. The van der Waals surface area contributed by atoms with Gasteiger partial charge in [0.05, 0.1) is 10.6 Å². The standard InChI is InChI=1S/C18H21NO5S/c1-18(2,3)13-5-4-6-14(17(13)20)19-25(21,22)12-7-8-15-16(11-12)24-10-9-23-15/h4-8,11,19-20H,9-10H2,1-3H3. The van der Waals surface area contributed by atoms with Gasteiger partial charge < -0.3 is 14.6 Å². The predicted molar refractivity (Wildman–Crippen MR) is 95.0 cm³/mol. The molecule has 0 amide bonds. The molecule has 0 fully saturated rings. The molecule has 0 aliphatic carbocycles. The van der Waals surface area contributed by atoms with Gasteiger partial charge in [0.1, 0.15) is 19.0 Å². The van der Waals surface area contributed by atoms with Gasteiger partial charge in [0.2, 0.25) is 0 Å². The first-order valence-electron chi connectivity index (χ1n) is 7.93. The Bertz CT molecular complexity index is 900. The van der Waals surface area contributed by atoms with Crippen LogP contribution in [0.3, 0.4) is 0 Å². The molecule has 134 valence electrons. The van der Waals surface area contributed by atoms with Gasteiger partial charge in [0.25, 0.3) is 10.0 Å². The number of rotatable bonds is 3. The zero-order chi connectivity index (χ0) is 18.2. The van der Waals surface area contributed by atoms with Crippen LogP contribution in [0.15, 0.2) is 41.3 Å². The highest BCUT2D eigenvalue weighted by molar-refractivity contribution is 7.92. The molecule has 1 heterocycles. The second-order valence-electron chi connectivity index (χ2n) is 6.86. The molecule has 6 nitrogen and oxygen atoms in total. The van der Waals surface area contributed by atoms with Crippen LogP contribution >= 0.6 is 0 Å². The van der Waals surface area contributed by atoms with Gasteiger partial charge in [-0.25, -0.2) is 8.42 Å². The van der Waals surface area contributed by atoms with Crippen molar-refractivity contribution >= 4 is 15.7 Å². The molecule has 0 atom stereocenters. The minimum atomic E-state index is -3.88. The molecular weight excluding hydrogens is 342 g/mol. The van der Waals surface area contributed by atoms with Crippen molar-refractivity contribution in [1.29, 1.82) is 0 Å². The van der Waals surface area contributed by atoms with Crippen LogP contribution in [-0.4, -0.2) is 26.7 Å². The number of fused-ring (bicyclic) bond motifs is 1. The predicted octanol–water partition coefficient (Wildman–Crippen LogP) is 3.26. The van der Waals surface area contributed by atoms with Crippen molar-refractivity contribution in [3.63, 3.8) is 0 Å². The van der Waals surface area contributed by atoms with Crippen LogP contribution in [0.25, 0.3) is 0 Å². The number of ether oxygens (including phenoxy) is 2. The first kappa shape index (κ1) is 17.4. The van der Waals surface area contributed by atoms with Crippen LogP contribution in [0.5, 0.6) is 17.2 Å². The Morgan fingerprint density at radius 2 is 1.72 bits per heavy atom. The summed E-state index contributed by atoms with van der Waals surface area (Å²) in [6.07, 6.45) is 0. The number of hydrogen-bond donors (Lipinski definition) is 2. The lowest BCUT2D eigenvalue weighted by atomic mass is 9.86. The van der Waals surface area contributed by atoms with Gasteiger partial charge in [-0.3, -0.25) is 4.72 Å². The number of benzene rings is 2. The van der Waals surface area contributed by atoms with Crippen molar-refractivity contribution in [2.75, 3.05) is 17.9 Å². The maximum absolute atomic E-state index is 12.7. The Morgan fingerprint density at radius 3 is 2.40 bits per heavy atom. The van der Waals surface area contributed by atoms with Gasteiger partial charge in [0.15, 0.2) is 11.5 Å². The Morgan fingerprint density at radius 1 is 1.04 bits per heavy atom. The van der Waals surface area contributed by atoms with E-state index in [1.807, 2.05) is 20.8 Å². The summed E-state index contributed by atoms with van der Waals surface area (Å²) < 4.78 is 38.6. The van der Waals surface area contributed by atoms with Gasteiger partial charge >= 0.3 is 0 Å². The fourth-order valence-corrected chi connectivity index (χ4v) is 3.71. The fourth-order valence-electron chi connectivity index (χ4n) is 2.63. The molecule has 0 aromatic heterocycles. The van der Waals surface area contributed by atoms with E-state index in [-0.39, 0.29) is 21.7 Å². The molecule has 2 aromatic rings. The number of sulfonamides is 1. The molecule has 2 N–H and O–H groups in total. The molecule has 3 rings (SSSR count). The molecule has 25 heavy (non-hydrogen) atoms. The van der Waals surface area contributed by atoms with Crippen molar-refractivity contribution in [2.24, 2.45) is 0 Å². The van der Waals surface area contributed by atoms with Gasteiger partial charge in [0, 0.05) is 11.6 Å². The number of phenols is 1. The molecular formula is C18H21NO5S. The second-order valence-corrected chi connectivity index (χ2v) is 8.55. The van der Waals surface area contributed by atoms with Gasteiger partial charge in [-0.1, -0.05) is 32.9 Å². The Balaban J connectivity index is 1.95. The summed E-state index contributed by atoms with van der Waals surface area (Å²) in [4.78, 5) is 0.0392. The van der Waals surface area contributed by atoms with Crippen molar-refractivity contribution in [3.05, 3.63) is 42.0 Å². The third-order valence-electron chi connectivity index (χ3n) is 3.91. The molecule has 1 aliphatic rings. The zero-order valence-corrected chi connectivity index (χ0v) is 15.2. The highest BCUT2D eigenvalue weighted by Gasteiger charge is 2.24. The molecule has 1 aliphatic heterocycles. The number of hydrogen-bond acceptors (Lipinski definition) is 5. The highest BCUT2D eigenvalue weighted by atomic mass is 32.2. The maximum Gasteiger partial charge on any atom is 0.262 e. The average Bonchev–Trinajstić information content (AvgIpc) is 2.55. The van der Waals surface area contributed by atoms with Crippen LogP contribution in [0.4, 0.5) is 5.69 Å². The summed E-state index contributed by atoms with van der Waals surface area (Å²) in [6.45, 7) is 6.65. The van der Waals surface area contributed by atoms with E-state index >= 15 is 0 Å². The van der Waals surface area contributed by atoms with Crippen molar-refractivity contribution in [1.82, 2.24) is 0 Å². The summed E-state index contributed by atoms with van der Waals surface area (Å²) >= 11 is 0. The maximum atomic E-state index is 12.7. The minimum absolute atomic E-state index is 0.0392. The summed E-state index contributed by atoms with van der Waals surface area (Å²) in [5.41, 5.74) is 0.486. The Labute approximate surface area is 147 Å². The number of para-hydroxylation sites is 1. The summed E-state index contributed by atoms with van der Waals surface area (Å²) in [5, 5.41) is 10.5. The average molecular weight is 363 g/mol.